The highest BCUT2D eigenvalue weighted by atomic mass is 35.5. The number of halogens is 1. The summed E-state index contributed by atoms with van der Waals surface area (Å²) in [6.07, 6.45) is 1.62. The van der Waals surface area contributed by atoms with Gasteiger partial charge in [-0.3, -0.25) is 0 Å². The first-order chi connectivity index (χ1) is 11.2. The van der Waals surface area contributed by atoms with E-state index >= 15 is 0 Å². The SMILES string of the molecule is CN1CCN(c2ccc(-c3nc4ncc(Cl)cc4[nH]3)cc2)CC1. The molecule has 1 fully saturated rings. The van der Waals surface area contributed by atoms with E-state index in [-0.39, 0.29) is 0 Å². The van der Waals surface area contributed by atoms with Crippen molar-refractivity contribution in [1.29, 1.82) is 0 Å². The molecule has 0 unspecified atom stereocenters. The number of aromatic nitrogens is 3. The number of piperazine rings is 1. The summed E-state index contributed by atoms with van der Waals surface area (Å²) in [5, 5.41) is 0.609. The van der Waals surface area contributed by atoms with Crippen LogP contribution < -0.4 is 4.90 Å². The molecular formula is C17H18ClN5. The second-order valence-corrected chi connectivity index (χ2v) is 6.38. The molecule has 0 spiro atoms. The minimum atomic E-state index is 0.609. The molecule has 0 amide bonds. The van der Waals surface area contributed by atoms with Crippen molar-refractivity contribution in [1.82, 2.24) is 19.9 Å². The van der Waals surface area contributed by atoms with Crippen LogP contribution in [0.25, 0.3) is 22.6 Å². The molecule has 1 N–H and O–H groups in total. The highest BCUT2D eigenvalue weighted by Crippen LogP contribution is 2.24. The second-order valence-electron chi connectivity index (χ2n) is 5.95. The summed E-state index contributed by atoms with van der Waals surface area (Å²) >= 11 is 5.97. The topological polar surface area (TPSA) is 48.1 Å². The fraction of sp³-hybridized carbons (Fsp3) is 0.294. The van der Waals surface area contributed by atoms with Crippen molar-refractivity contribution in [2.75, 3.05) is 38.1 Å². The fourth-order valence-electron chi connectivity index (χ4n) is 2.91. The number of anilines is 1. The Bertz CT molecular complexity index is 819. The predicted molar refractivity (Wildman–Crippen MR) is 94.0 cm³/mol. The normalized spacial score (nSPS) is 16.2. The van der Waals surface area contributed by atoms with E-state index in [1.165, 1.54) is 5.69 Å². The molecule has 1 saturated heterocycles. The molecule has 6 heteroatoms. The Morgan fingerprint density at radius 1 is 1.09 bits per heavy atom. The van der Waals surface area contributed by atoms with Gasteiger partial charge in [0.05, 0.1) is 10.5 Å². The average Bonchev–Trinajstić information content (AvgIpc) is 2.99. The van der Waals surface area contributed by atoms with Crippen LogP contribution in [0.3, 0.4) is 0 Å². The van der Waals surface area contributed by atoms with E-state index in [4.69, 9.17) is 11.6 Å². The summed E-state index contributed by atoms with van der Waals surface area (Å²) in [5.41, 5.74) is 3.86. The highest BCUT2D eigenvalue weighted by molar-refractivity contribution is 6.31. The van der Waals surface area contributed by atoms with Crippen molar-refractivity contribution in [3.8, 4) is 11.4 Å². The first-order valence-corrected chi connectivity index (χ1v) is 8.12. The summed E-state index contributed by atoms with van der Waals surface area (Å²) in [4.78, 5) is 16.8. The van der Waals surface area contributed by atoms with Gasteiger partial charge in [0.25, 0.3) is 0 Å². The highest BCUT2D eigenvalue weighted by Gasteiger charge is 2.14. The molecular weight excluding hydrogens is 310 g/mol. The number of nitrogens with one attached hydrogen (secondary N) is 1. The second kappa shape index (κ2) is 5.83. The molecule has 5 nitrogen and oxygen atoms in total. The first kappa shape index (κ1) is 14.5. The minimum Gasteiger partial charge on any atom is -0.369 e. The molecule has 23 heavy (non-hydrogen) atoms. The number of imidazole rings is 1. The van der Waals surface area contributed by atoms with E-state index < -0.39 is 0 Å². The number of pyridine rings is 1. The number of fused-ring (bicyclic) bond motifs is 1. The zero-order valence-electron chi connectivity index (χ0n) is 13.0. The molecule has 0 radical (unpaired) electrons. The summed E-state index contributed by atoms with van der Waals surface area (Å²) in [7, 11) is 2.17. The summed E-state index contributed by atoms with van der Waals surface area (Å²) in [5.74, 6) is 0.819. The number of likely N-dealkylation sites (N-methyl/N-ethyl adjacent to an activating group) is 1. The number of aromatic amines is 1. The molecule has 1 aliphatic rings. The number of hydrogen-bond donors (Lipinski definition) is 1. The standard InChI is InChI=1S/C17H18ClN5/c1-22-6-8-23(9-7-22)14-4-2-12(3-5-14)16-20-15-10-13(18)11-19-17(15)21-16/h2-5,10-11H,6-9H2,1H3,(H,19,20,21). The third kappa shape index (κ3) is 2.90. The third-order valence-corrected chi connectivity index (χ3v) is 4.52. The Balaban J connectivity index is 1.59. The predicted octanol–water partition coefficient (Wildman–Crippen LogP) is 3.03. The lowest BCUT2D eigenvalue weighted by atomic mass is 10.1. The Kier molecular flexibility index (Phi) is 3.67. The molecule has 118 valence electrons. The molecule has 0 atom stereocenters. The molecule has 2 aromatic heterocycles. The van der Waals surface area contributed by atoms with Gasteiger partial charge < -0.3 is 14.8 Å². The number of benzene rings is 1. The van der Waals surface area contributed by atoms with Crippen LogP contribution in [0.1, 0.15) is 0 Å². The lowest BCUT2D eigenvalue weighted by Crippen LogP contribution is -2.44. The Labute approximate surface area is 139 Å². The maximum absolute atomic E-state index is 5.97. The molecule has 3 aromatic rings. The van der Waals surface area contributed by atoms with Gasteiger partial charge >= 0.3 is 0 Å². The quantitative estimate of drug-likeness (QED) is 0.786. The van der Waals surface area contributed by atoms with Crippen LogP contribution >= 0.6 is 11.6 Å². The van der Waals surface area contributed by atoms with Gasteiger partial charge in [-0.05, 0) is 37.4 Å². The Hall–Kier alpha value is -2.11. The van der Waals surface area contributed by atoms with Gasteiger partial charge in [0.2, 0.25) is 0 Å². The van der Waals surface area contributed by atoms with E-state index in [2.05, 4.69) is 56.1 Å². The van der Waals surface area contributed by atoms with Crippen LogP contribution in [-0.4, -0.2) is 53.1 Å². The van der Waals surface area contributed by atoms with Crippen LogP contribution in [0.2, 0.25) is 5.02 Å². The maximum Gasteiger partial charge on any atom is 0.178 e. The largest absolute Gasteiger partial charge is 0.369 e. The molecule has 1 aromatic carbocycles. The Morgan fingerprint density at radius 3 is 2.57 bits per heavy atom. The van der Waals surface area contributed by atoms with E-state index in [0.29, 0.717) is 10.7 Å². The van der Waals surface area contributed by atoms with Crippen LogP contribution in [-0.2, 0) is 0 Å². The number of nitrogens with zero attached hydrogens (tertiary/aromatic N) is 4. The molecule has 0 bridgehead atoms. The van der Waals surface area contributed by atoms with E-state index in [1.54, 1.807) is 6.20 Å². The van der Waals surface area contributed by atoms with E-state index in [0.717, 1.165) is 43.1 Å². The van der Waals surface area contributed by atoms with Gasteiger partial charge in [-0.15, -0.1) is 0 Å². The number of rotatable bonds is 2. The summed E-state index contributed by atoms with van der Waals surface area (Å²) in [6, 6.07) is 10.4. The van der Waals surface area contributed by atoms with Crippen LogP contribution in [0.5, 0.6) is 0 Å². The fourth-order valence-corrected chi connectivity index (χ4v) is 3.06. The van der Waals surface area contributed by atoms with Gasteiger partial charge in [-0.1, -0.05) is 11.6 Å². The van der Waals surface area contributed by atoms with Gasteiger partial charge in [-0.2, -0.15) is 0 Å². The number of hydrogen-bond acceptors (Lipinski definition) is 4. The minimum absolute atomic E-state index is 0.609. The summed E-state index contributed by atoms with van der Waals surface area (Å²) < 4.78 is 0. The van der Waals surface area contributed by atoms with Crippen molar-refractivity contribution >= 4 is 28.5 Å². The molecule has 4 rings (SSSR count). The van der Waals surface area contributed by atoms with E-state index in [9.17, 15) is 0 Å². The van der Waals surface area contributed by atoms with Crippen LogP contribution in [0.4, 0.5) is 5.69 Å². The van der Waals surface area contributed by atoms with Gasteiger partial charge in [0.15, 0.2) is 5.65 Å². The molecule has 1 aliphatic heterocycles. The van der Waals surface area contributed by atoms with Crippen molar-refractivity contribution in [2.24, 2.45) is 0 Å². The van der Waals surface area contributed by atoms with E-state index in [1.807, 2.05) is 6.07 Å². The zero-order valence-corrected chi connectivity index (χ0v) is 13.7. The van der Waals surface area contributed by atoms with Gasteiger partial charge in [0.1, 0.15) is 5.82 Å². The first-order valence-electron chi connectivity index (χ1n) is 7.74. The van der Waals surface area contributed by atoms with Crippen LogP contribution in [0.15, 0.2) is 36.5 Å². The third-order valence-electron chi connectivity index (χ3n) is 4.31. The average molecular weight is 328 g/mol. The Morgan fingerprint density at radius 2 is 1.83 bits per heavy atom. The molecule has 3 heterocycles. The van der Waals surface area contributed by atoms with Crippen molar-refractivity contribution < 1.29 is 0 Å². The summed E-state index contributed by atoms with van der Waals surface area (Å²) in [6.45, 7) is 4.36. The smallest absolute Gasteiger partial charge is 0.178 e. The maximum atomic E-state index is 5.97. The van der Waals surface area contributed by atoms with Crippen molar-refractivity contribution in [3.63, 3.8) is 0 Å². The lowest BCUT2D eigenvalue weighted by Gasteiger charge is -2.34. The molecule has 0 aliphatic carbocycles. The van der Waals surface area contributed by atoms with Crippen molar-refractivity contribution in [3.05, 3.63) is 41.6 Å². The van der Waals surface area contributed by atoms with Gasteiger partial charge in [0, 0.05) is 43.6 Å². The zero-order chi connectivity index (χ0) is 15.8. The monoisotopic (exact) mass is 327 g/mol. The van der Waals surface area contributed by atoms with Crippen molar-refractivity contribution in [2.45, 2.75) is 0 Å². The van der Waals surface area contributed by atoms with Gasteiger partial charge in [-0.25, -0.2) is 9.97 Å². The molecule has 0 saturated carbocycles. The number of H-pyrrole nitrogens is 1. The van der Waals surface area contributed by atoms with Crippen LogP contribution in [0, 0.1) is 0 Å². The lowest BCUT2D eigenvalue weighted by molar-refractivity contribution is 0.313.